The first-order valence-electron chi connectivity index (χ1n) is 25.8. The third-order valence-corrected chi connectivity index (χ3v) is 12.9. The second kappa shape index (κ2) is 32.7. The molecular weight excluding hydrogens is 1030 g/mol. The number of nitrogens with one attached hydrogen (secondary N) is 6. The second-order valence-electron chi connectivity index (χ2n) is 19.7. The van der Waals surface area contributed by atoms with E-state index in [0.717, 1.165) is 4.90 Å². The van der Waals surface area contributed by atoms with E-state index in [2.05, 4.69) is 41.9 Å². The van der Waals surface area contributed by atoms with Crippen LogP contribution in [-0.2, 0) is 57.5 Å². The molecular formula is C47H79N15O16. The minimum atomic E-state index is -2.03. The molecule has 2 saturated heterocycles. The summed E-state index contributed by atoms with van der Waals surface area (Å²) >= 11 is 0. The van der Waals surface area contributed by atoms with Crippen LogP contribution in [0.3, 0.4) is 0 Å². The molecule has 2 aliphatic heterocycles. The molecule has 0 aromatic rings. The number of guanidine groups is 2. The summed E-state index contributed by atoms with van der Waals surface area (Å²) in [5, 5.41) is 52.8. The number of aliphatic imine (C=N–C) groups is 2. The lowest BCUT2D eigenvalue weighted by Gasteiger charge is -2.32. The molecule has 2 aliphatic rings. The van der Waals surface area contributed by atoms with E-state index in [4.69, 9.17) is 28.7 Å². The summed E-state index contributed by atoms with van der Waals surface area (Å²) in [6.45, 7) is 6.93. The molecule has 0 aromatic heterocycles. The Bertz CT molecular complexity index is 2220. The molecule has 438 valence electrons. The Labute approximate surface area is 450 Å². The quantitative estimate of drug-likeness (QED) is 0.0164. The lowest BCUT2D eigenvalue weighted by molar-refractivity contribution is -0.145. The highest BCUT2D eigenvalue weighted by molar-refractivity contribution is 6.00. The highest BCUT2D eigenvalue weighted by Crippen LogP contribution is 2.23. The number of rotatable bonds is 34. The van der Waals surface area contributed by atoms with Crippen molar-refractivity contribution in [3.8, 4) is 0 Å². The first-order chi connectivity index (χ1) is 36.6. The van der Waals surface area contributed by atoms with Crippen molar-refractivity contribution in [1.29, 1.82) is 0 Å². The molecule has 8 amide bonds. The molecule has 0 unspecified atom stereocenters. The summed E-state index contributed by atoms with van der Waals surface area (Å²) in [6, 6.07) is -13.3. The van der Waals surface area contributed by atoms with E-state index in [-0.39, 0.29) is 89.0 Å². The Morgan fingerprint density at radius 2 is 0.987 bits per heavy atom. The number of carboxylic acids is 4. The van der Waals surface area contributed by atoms with Gasteiger partial charge in [0, 0.05) is 32.6 Å². The number of carbonyl (C=O) groups is 12. The Morgan fingerprint density at radius 1 is 0.551 bits per heavy atom. The zero-order chi connectivity index (χ0) is 59.0. The van der Waals surface area contributed by atoms with Gasteiger partial charge in [0.05, 0.1) is 18.9 Å². The fourth-order valence-electron chi connectivity index (χ4n) is 8.72. The van der Waals surface area contributed by atoms with Gasteiger partial charge in [-0.3, -0.25) is 62.7 Å². The summed E-state index contributed by atoms with van der Waals surface area (Å²) in [4.78, 5) is 168. The minimum absolute atomic E-state index is 0.000194. The number of carboxylic acid groups (broad SMARTS) is 4. The average Bonchev–Trinajstić information content (AvgIpc) is 4.06. The lowest BCUT2D eigenvalue weighted by Crippen LogP contribution is -2.60. The summed E-state index contributed by atoms with van der Waals surface area (Å²) in [5.74, 6) is -15.1. The first kappa shape index (κ1) is 66.3. The number of amides is 8. The summed E-state index contributed by atoms with van der Waals surface area (Å²) in [7, 11) is 0. The largest absolute Gasteiger partial charge is 0.481 e. The zero-order valence-corrected chi connectivity index (χ0v) is 44.4. The van der Waals surface area contributed by atoms with Gasteiger partial charge in [-0.05, 0) is 76.0 Å². The first-order valence-corrected chi connectivity index (χ1v) is 25.8. The van der Waals surface area contributed by atoms with Crippen LogP contribution >= 0.6 is 0 Å². The van der Waals surface area contributed by atoms with Crippen LogP contribution in [0.5, 0.6) is 0 Å². The van der Waals surface area contributed by atoms with E-state index in [1.165, 1.54) is 4.90 Å². The van der Waals surface area contributed by atoms with Crippen molar-refractivity contribution in [1.82, 2.24) is 41.7 Å². The number of carbonyl (C=O) groups excluding carboxylic acids is 8. The summed E-state index contributed by atoms with van der Waals surface area (Å²) in [6.07, 6.45) is -1.65. The molecule has 0 spiro atoms. The highest BCUT2D eigenvalue weighted by atomic mass is 16.4. The molecule has 31 nitrogen and oxygen atoms in total. The summed E-state index contributed by atoms with van der Waals surface area (Å²) < 4.78 is 0. The molecule has 2 heterocycles. The molecule has 10 atom stereocenters. The van der Waals surface area contributed by atoms with Gasteiger partial charge in [0.2, 0.25) is 47.3 Å². The minimum Gasteiger partial charge on any atom is -0.481 e. The molecule has 31 heteroatoms. The van der Waals surface area contributed by atoms with E-state index in [0.29, 0.717) is 19.3 Å². The van der Waals surface area contributed by atoms with Crippen molar-refractivity contribution >= 4 is 83.1 Å². The number of nitrogens with zero attached hydrogens (tertiary/aromatic N) is 4. The van der Waals surface area contributed by atoms with Crippen LogP contribution in [-0.4, -0.2) is 194 Å². The topological polar surface area (TPSA) is 519 Å². The molecule has 0 aliphatic carbocycles. The van der Waals surface area contributed by atoms with Gasteiger partial charge >= 0.3 is 23.9 Å². The molecule has 2 rings (SSSR count). The van der Waals surface area contributed by atoms with Crippen molar-refractivity contribution in [3.63, 3.8) is 0 Å². The predicted octanol–water partition coefficient (Wildman–Crippen LogP) is -4.70. The molecule has 20 N–H and O–H groups in total. The molecule has 0 aromatic carbocycles. The number of likely N-dealkylation sites (tertiary alicyclic amines) is 2. The average molecular weight is 1110 g/mol. The number of hydrogen-bond donors (Lipinski definition) is 15. The standard InChI is InChI=1S/C47H79N15O16/c1-5-24(4)36(45(77)78)60-37(69)26(14-15-33(63)64)55-38(70)28(20-23(2)3)57-39(71)29(21-34(65)66)58-40(72)30(22-35(67)68)59-42(74)32-13-9-19-62(32)44(76)27(11-7-17-54-47(51)52)56-41(73)31-12-8-18-61(31)43(75)25(48)10-6-16-53-46(49)50/h23-32,36H,5-22,48H2,1-4H3,(H,55,70)(H,56,73)(H,57,71)(H,58,72)(H,59,74)(H,60,69)(H,63,64)(H,65,66)(H,67,68)(H,77,78)(H4,49,50,53)(H4,51,52,54)/t24-,25-,26-,27-,28-,29-,30-,31-,32-,36-/m0/s1. The second-order valence-corrected chi connectivity index (χ2v) is 19.7. The van der Waals surface area contributed by atoms with Gasteiger partial charge < -0.3 is 90.8 Å². The molecule has 0 radical (unpaired) electrons. The van der Waals surface area contributed by atoms with E-state index in [1.807, 2.05) is 0 Å². The lowest BCUT2D eigenvalue weighted by atomic mass is 9.98. The van der Waals surface area contributed by atoms with Gasteiger partial charge in [0.15, 0.2) is 11.9 Å². The smallest absolute Gasteiger partial charge is 0.326 e. The van der Waals surface area contributed by atoms with Crippen LogP contribution < -0.4 is 60.6 Å². The van der Waals surface area contributed by atoms with E-state index >= 15 is 0 Å². The molecule has 2 fully saturated rings. The van der Waals surface area contributed by atoms with E-state index in [9.17, 15) is 78.0 Å². The van der Waals surface area contributed by atoms with Crippen LogP contribution in [0, 0.1) is 11.8 Å². The maximum Gasteiger partial charge on any atom is 0.326 e. The van der Waals surface area contributed by atoms with Crippen LogP contribution in [0.25, 0.3) is 0 Å². The van der Waals surface area contributed by atoms with Crippen LogP contribution in [0.2, 0.25) is 0 Å². The van der Waals surface area contributed by atoms with Crippen LogP contribution in [0.15, 0.2) is 9.98 Å². The van der Waals surface area contributed by atoms with Gasteiger partial charge in [-0.25, -0.2) is 4.79 Å². The fourth-order valence-corrected chi connectivity index (χ4v) is 8.72. The van der Waals surface area contributed by atoms with E-state index < -0.39 is 157 Å². The third kappa shape index (κ3) is 22.4. The van der Waals surface area contributed by atoms with Gasteiger partial charge in [-0.1, -0.05) is 34.1 Å². The Hall–Kier alpha value is -7.86. The Kier molecular flexibility index (Phi) is 27.7. The van der Waals surface area contributed by atoms with Crippen molar-refractivity contribution in [3.05, 3.63) is 0 Å². The maximum absolute atomic E-state index is 14.4. The van der Waals surface area contributed by atoms with Crippen molar-refractivity contribution in [2.75, 3.05) is 26.2 Å². The normalized spacial score (nSPS) is 18.0. The van der Waals surface area contributed by atoms with Crippen LogP contribution in [0.1, 0.15) is 118 Å². The van der Waals surface area contributed by atoms with Gasteiger partial charge in [-0.2, -0.15) is 0 Å². The number of hydrogen-bond acceptors (Lipinski definition) is 15. The zero-order valence-electron chi connectivity index (χ0n) is 44.4. The molecule has 0 bridgehead atoms. The van der Waals surface area contributed by atoms with Crippen molar-refractivity contribution in [2.45, 2.75) is 172 Å². The van der Waals surface area contributed by atoms with Gasteiger partial charge in [0.1, 0.15) is 48.3 Å². The van der Waals surface area contributed by atoms with Gasteiger partial charge in [-0.15, -0.1) is 0 Å². The molecule has 78 heavy (non-hydrogen) atoms. The van der Waals surface area contributed by atoms with Crippen LogP contribution in [0.4, 0.5) is 0 Å². The summed E-state index contributed by atoms with van der Waals surface area (Å²) in [5.41, 5.74) is 27.9. The van der Waals surface area contributed by atoms with Crippen molar-refractivity contribution in [2.24, 2.45) is 50.5 Å². The molecule has 0 saturated carbocycles. The number of nitrogens with two attached hydrogens (primary N) is 5. The monoisotopic (exact) mass is 1110 g/mol. The fraction of sp³-hybridized carbons (Fsp3) is 0.702. The maximum atomic E-state index is 14.4. The van der Waals surface area contributed by atoms with Crippen molar-refractivity contribution < 1.29 is 78.0 Å². The predicted molar refractivity (Wildman–Crippen MR) is 277 cm³/mol. The highest BCUT2D eigenvalue weighted by Gasteiger charge is 2.42. The van der Waals surface area contributed by atoms with E-state index in [1.54, 1.807) is 27.7 Å². The van der Waals surface area contributed by atoms with Gasteiger partial charge in [0.25, 0.3) is 0 Å². The SMILES string of the molecule is CC[C@H](C)[C@H](NC(=O)[C@H](CCC(=O)O)NC(=O)[C@H](CC(C)C)NC(=O)[C@H](CC(=O)O)NC(=O)[C@H](CC(=O)O)NC(=O)[C@@H]1CCCN1C(=O)[C@H](CCCN=C(N)N)NC(=O)[C@@H]1CCCN1C(=O)[C@@H](N)CCCN=C(N)N)C(=O)O. The third-order valence-electron chi connectivity index (χ3n) is 12.9. The Balaban J connectivity index is 2.37. The number of aliphatic carboxylic acids is 4. The Morgan fingerprint density at radius 3 is 1.45 bits per heavy atom.